The second-order valence-electron chi connectivity index (χ2n) is 2.74. The third kappa shape index (κ3) is 4.56. The first-order valence-electron chi connectivity index (χ1n) is 4.11. The number of ether oxygens (including phenoxy) is 1. The summed E-state index contributed by atoms with van der Waals surface area (Å²) in [6.45, 7) is 0.193. The van der Waals surface area contributed by atoms with Crippen molar-refractivity contribution >= 4 is 15.8 Å². The van der Waals surface area contributed by atoms with Gasteiger partial charge >= 0.3 is 0 Å². The number of rotatable bonds is 5. The van der Waals surface area contributed by atoms with Crippen molar-refractivity contribution < 1.29 is 13.2 Å². The Morgan fingerprint density at radius 3 is 2.87 bits per heavy atom. The Hall–Kier alpha value is -1.41. The smallest absolute Gasteiger partial charge is 0.218 e. The van der Waals surface area contributed by atoms with E-state index in [9.17, 15) is 8.42 Å². The highest BCUT2D eigenvalue weighted by Crippen LogP contribution is 2.09. The van der Waals surface area contributed by atoms with Crippen LogP contribution in [0.25, 0.3) is 0 Å². The van der Waals surface area contributed by atoms with Gasteiger partial charge in [-0.3, -0.25) is 0 Å². The van der Waals surface area contributed by atoms with Gasteiger partial charge in [0.05, 0.1) is 12.9 Å². The lowest BCUT2D eigenvalue weighted by Crippen LogP contribution is -2.22. The lowest BCUT2D eigenvalue weighted by atomic mass is 10.5. The molecule has 84 valence electrons. The summed E-state index contributed by atoms with van der Waals surface area (Å²) >= 11 is 0. The number of nitrogens with one attached hydrogen (secondary N) is 1. The van der Waals surface area contributed by atoms with Crippen molar-refractivity contribution in [1.29, 1.82) is 0 Å². The van der Waals surface area contributed by atoms with Crippen LogP contribution in [0.4, 0.5) is 5.82 Å². The van der Waals surface area contributed by atoms with Crippen LogP contribution in [0.15, 0.2) is 12.4 Å². The monoisotopic (exact) mass is 232 g/mol. The molecule has 0 aliphatic rings. The molecule has 0 amide bonds. The Labute approximate surface area is 87.7 Å². The largest absolute Gasteiger partial charge is 0.481 e. The average molecular weight is 232 g/mol. The number of sulfonamides is 1. The Kier molecular flexibility index (Phi) is 3.81. The molecule has 0 aromatic carbocycles. The summed E-state index contributed by atoms with van der Waals surface area (Å²) in [5.74, 6) is 0.743. The Morgan fingerprint density at radius 1 is 1.53 bits per heavy atom. The highest BCUT2D eigenvalue weighted by Gasteiger charge is 2.02. The van der Waals surface area contributed by atoms with Gasteiger partial charge in [-0.2, -0.15) is 0 Å². The van der Waals surface area contributed by atoms with Crippen LogP contribution in [-0.2, 0) is 10.0 Å². The lowest BCUT2D eigenvalue weighted by Gasteiger charge is -2.04. The molecule has 0 saturated heterocycles. The van der Waals surface area contributed by atoms with E-state index in [4.69, 9.17) is 9.88 Å². The van der Waals surface area contributed by atoms with Gasteiger partial charge in [-0.1, -0.05) is 0 Å². The number of aromatic nitrogens is 2. The fourth-order valence-electron chi connectivity index (χ4n) is 0.869. The quantitative estimate of drug-likeness (QED) is 0.687. The summed E-state index contributed by atoms with van der Waals surface area (Å²) in [5.41, 5.74) is 0. The van der Waals surface area contributed by atoms with Gasteiger partial charge in [0.15, 0.2) is 0 Å². The van der Waals surface area contributed by atoms with Crippen LogP contribution in [0, 0.1) is 0 Å². The van der Waals surface area contributed by atoms with E-state index >= 15 is 0 Å². The first kappa shape index (κ1) is 11.7. The number of anilines is 1. The maximum absolute atomic E-state index is 10.6. The van der Waals surface area contributed by atoms with E-state index in [-0.39, 0.29) is 12.3 Å². The first-order chi connectivity index (χ1) is 7.01. The minimum Gasteiger partial charge on any atom is -0.481 e. The van der Waals surface area contributed by atoms with Crippen LogP contribution >= 0.6 is 0 Å². The van der Waals surface area contributed by atoms with Crippen molar-refractivity contribution in [2.24, 2.45) is 5.14 Å². The predicted molar refractivity (Wildman–Crippen MR) is 55.0 cm³/mol. The maximum atomic E-state index is 10.6. The minimum absolute atomic E-state index is 0.153. The summed E-state index contributed by atoms with van der Waals surface area (Å²) in [6.07, 6.45) is 1.32. The highest BCUT2D eigenvalue weighted by atomic mass is 32.2. The van der Waals surface area contributed by atoms with Crippen molar-refractivity contribution in [3.05, 3.63) is 12.4 Å². The molecule has 1 aromatic rings. The Bertz CT molecular complexity index is 420. The molecule has 0 unspecified atom stereocenters. The number of primary sulfonamides is 1. The van der Waals surface area contributed by atoms with Gasteiger partial charge in [-0.25, -0.2) is 23.5 Å². The molecule has 0 radical (unpaired) electrons. The standard InChI is InChI=1S/C7H12N4O3S/c1-14-7-4-6(10-5-11-7)9-2-3-15(8,12)13/h4-5H,2-3H2,1H3,(H2,8,12,13)(H,9,10,11). The predicted octanol–water partition coefficient (Wildman–Crippen LogP) is -0.814. The van der Waals surface area contributed by atoms with Gasteiger partial charge < -0.3 is 10.1 Å². The van der Waals surface area contributed by atoms with Crippen molar-refractivity contribution in [1.82, 2.24) is 9.97 Å². The molecule has 8 heteroatoms. The molecule has 7 nitrogen and oxygen atoms in total. The zero-order valence-corrected chi connectivity index (χ0v) is 8.99. The van der Waals surface area contributed by atoms with Crippen molar-refractivity contribution in [2.75, 3.05) is 24.7 Å². The summed E-state index contributed by atoms with van der Waals surface area (Å²) < 4.78 is 26.1. The normalized spacial score (nSPS) is 11.1. The lowest BCUT2D eigenvalue weighted by molar-refractivity contribution is 0.397. The van der Waals surface area contributed by atoms with Gasteiger partial charge in [-0.15, -0.1) is 0 Å². The molecular formula is C7H12N4O3S. The van der Waals surface area contributed by atoms with Crippen LogP contribution in [0.3, 0.4) is 0 Å². The third-order valence-corrected chi connectivity index (χ3v) is 2.32. The molecule has 1 aromatic heterocycles. The van der Waals surface area contributed by atoms with E-state index in [1.807, 2.05) is 0 Å². The van der Waals surface area contributed by atoms with E-state index in [1.165, 1.54) is 13.4 Å². The molecule has 0 bridgehead atoms. The third-order valence-electron chi connectivity index (χ3n) is 1.54. The summed E-state index contributed by atoms with van der Waals surface area (Å²) in [5, 5.41) is 7.62. The topological polar surface area (TPSA) is 107 Å². The SMILES string of the molecule is COc1cc(NCCS(N)(=O)=O)ncn1. The number of nitrogens with zero attached hydrogens (tertiary/aromatic N) is 2. The van der Waals surface area contributed by atoms with Gasteiger partial charge in [0.25, 0.3) is 0 Å². The van der Waals surface area contributed by atoms with Gasteiger partial charge in [0.1, 0.15) is 12.1 Å². The van der Waals surface area contributed by atoms with E-state index in [0.29, 0.717) is 11.7 Å². The molecule has 1 rings (SSSR count). The van der Waals surface area contributed by atoms with Crippen LogP contribution in [0.2, 0.25) is 0 Å². The Morgan fingerprint density at radius 2 is 2.27 bits per heavy atom. The Balaban J connectivity index is 2.51. The van der Waals surface area contributed by atoms with Crippen LogP contribution in [0.5, 0.6) is 5.88 Å². The fraction of sp³-hybridized carbons (Fsp3) is 0.429. The molecular weight excluding hydrogens is 220 g/mol. The minimum atomic E-state index is -3.45. The second-order valence-corrected chi connectivity index (χ2v) is 4.47. The molecule has 0 aliphatic carbocycles. The van der Waals surface area contributed by atoms with Crippen molar-refractivity contribution in [3.63, 3.8) is 0 Å². The summed E-state index contributed by atoms with van der Waals surface area (Å²) in [7, 11) is -1.96. The highest BCUT2D eigenvalue weighted by molar-refractivity contribution is 7.89. The molecule has 15 heavy (non-hydrogen) atoms. The zero-order chi connectivity index (χ0) is 11.3. The van der Waals surface area contributed by atoms with Gasteiger partial charge in [0.2, 0.25) is 15.9 Å². The van der Waals surface area contributed by atoms with Crippen LogP contribution in [0.1, 0.15) is 0 Å². The molecule has 3 N–H and O–H groups in total. The molecule has 1 heterocycles. The van der Waals surface area contributed by atoms with Gasteiger partial charge in [-0.05, 0) is 0 Å². The second kappa shape index (κ2) is 4.89. The number of hydrogen-bond donors (Lipinski definition) is 2. The van der Waals surface area contributed by atoms with E-state index in [0.717, 1.165) is 0 Å². The van der Waals surface area contributed by atoms with Crippen LogP contribution < -0.4 is 15.2 Å². The van der Waals surface area contributed by atoms with Crippen LogP contribution in [-0.4, -0.2) is 37.8 Å². The van der Waals surface area contributed by atoms with Crippen molar-refractivity contribution in [2.45, 2.75) is 0 Å². The first-order valence-corrected chi connectivity index (χ1v) is 5.83. The molecule has 0 fully saturated rings. The molecule has 0 atom stereocenters. The molecule has 0 aliphatic heterocycles. The average Bonchev–Trinajstić information content (AvgIpc) is 2.16. The fourth-order valence-corrected chi connectivity index (χ4v) is 1.26. The van der Waals surface area contributed by atoms with Crippen molar-refractivity contribution in [3.8, 4) is 5.88 Å². The molecule has 0 saturated carbocycles. The molecule has 0 spiro atoms. The summed E-state index contributed by atoms with van der Waals surface area (Å²) in [6, 6.07) is 1.56. The van der Waals surface area contributed by atoms with E-state index < -0.39 is 10.0 Å². The maximum Gasteiger partial charge on any atom is 0.218 e. The van der Waals surface area contributed by atoms with E-state index in [2.05, 4.69) is 15.3 Å². The number of nitrogens with two attached hydrogens (primary N) is 1. The zero-order valence-electron chi connectivity index (χ0n) is 8.17. The number of methoxy groups -OCH3 is 1. The number of hydrogen-bond acceptors (Lipinski definition) is 6. The van der Waals surface area contributed by atoms with E-state index in [1.54, 1.807) is 6.07 Å². The van der Waals surface area contributed by atoms with Gasteiger partial charge in [0, 0.05) is 12.6 Å². The summed E-state index contributed by atoms with van der Waals surface area (Å²) in [4.78, 5) is 7.67.